The van der Waals surface area contributed by atoms with Gasteiger partial charge in [0.05, 0.1) is 0 Å². The summed E-state index contributed by atoms with van der Waals surface area (Å²) in [5.74, 6) is 0. The zero-order valence-corrected chi connectivity index (χ0v) is 14.0. The first kappa shape index (κ1) is 17.3. The molecule has 0 heterocycles. The van der Waals surface area contributed by atoms with Crippen LogP contribution in [0, 0.1) is 0 Å². The van der Waals surface area contributed by atoms with E-state index in [9.17, 15) is 18.1 Å². The third-order valence-electron chi connectivity index (χ3n) is 2.82. The molecule has 2 aromatic carbocycles. The number of aliphatic hydroxyl groups is 1. The van der Waals surface area contributed by atoms with Gasteiger partial charge in [-0.3, -0.25) is 4.55 Å². The van der Waals surface area contributed by atoms with E-state index in [2.05, 4.69) is 0 Å². The van der Waals surface area contributed by atoms with Crippen LogP contribution in [0.15, 0.2) is 63.2 Å². The Kier molecular flexibility index (Phi) is 5.54. The summed E-state index contributed by atoms with van der Waals surface area (Å²) in [4.78, 5) is 2.45. The van der Waals surface area contributed by atoms with Crippen LogP contribution >= 0.6 is 11.8 Å². The van der Waals surface area contributed by atoms with Gasteiger partial charge < -0.3 is 9.66 Å². The van der Waals surface area contributed by atoms with Crippen LogP contribution in [0.5, 0.6) is 0 Å². The minimum absolute atomic E-state index is 0.0928. The SMILES string of the molecule is C[S+]([O-])c1cccc(Sc2ccc(C(O)S(=O)(=O)O)cc2)c1. The summed E-state index contributed by atoms with van der Waals surface area (Å²) >= 11 is 0.361. The highest BCUT2D eigenvalue weighted by molar-refractivity contribution is 7.99. The smallest absolute Gasteiger partial charge is 0.296 e. The standard InChI is InChI=1S/C14H14O5S3/c1-21(16)13-4-2-3-12(9-13)20-11-7-5-10(6-8-11)14(15)22(17,18)19/h2-9,14-15H,1H3,(H,17,18,19). The third kappa shape index (κ3) is 4.48. The zero-order chi connectivity index (χ0) is 16.3. The van der Waals surface area contributed by atoms with Crippen molar-refractivity contribution in [3.05, 3.63) is 54.1 Å². The maximum atomic E-state index is 11.5. The Morgan fingerprint density at radius 2 is 1.77 bits per heavy atom. The normalized spacial score (nSPS) is 14.5. The second-order valence-electron chi connectivity index (χ2n) is 4.47. The average molecular weight is 358 g/mol. The first-order valence-corrected chi connectivity index (χ1v) is 10.0. The molecule has 0 saturated carbocycles. The molecule has 0 aliphatic heterocycles. The first-order chi connectivity index (χ1) is 10.3. The van der Waals surface area contributed by atoms with E-state index >= 15 is 0 Å². The summed E-state index contributed by atoms with van der Waals surface area (Å²) in [6.45, 7) is 0. The molecule has 2 rings (SSSR count). The molecule has 0 fully saturated rings. The predicted octanol–water partition coefficient (Wildman–Crippen LogP) is 2.45. The van der Waals surface area contributed by atoms with Gasteiger partial charge in [-0.1, -0.05) is 30.0 Å². The Labute approximate surface area is 136 Å². The molecule has 2 unspecified atom stereocenters. The van der Waals surface area contributed by atoms with Crippen molar-refractivity contribution in [3.8, 4) is 0 Å². The maximum Gasteiger partial charge on any atom is 0.296 e. The molecule has 0 aromatic heterocycles. The van der Waals surface area contributed by atoms with Gasteiger partial charge in [-0.2, -0.15) is 8.42 Å². The van der Waals surface area contributed by atoms with Gasteiger partial charge in [-0.15, -0.1) is 0 Å². The van der Waals surface area contributed by atoms with Crippen molar-refractivity contribution in [2.24, 2.45) is 0 Å². The minimum Gasteiger partial charge on any atom is -0.612 e. The fourth-order valence-electron chi connectivity index (χ4n) is 1.73. The van der Waals surface area contributed by atoms with E-state index in [-0.39, 0.29) is 5.56 Å². The second kappa shape index (κ2) is 7.03. The fourth-order valence-corrected chi connectivity index (χ4v) is 3.74. The highest BCUT2D eigenvalue weighted by atomic mass is 32.2. The second-order valence-corrected chi connectivity index (χ2v) is 8.47. The summed E-state index contributed by atoms with van der Waals surface area (Å²) in [7, 11) is -4.53. The van der Waals surface area contributed by atoms with Crippen molar-refractivity contribution >= 4 is 33.1 Å². The van der Waals surface area contributed by atoms with Crippen LogP contribution in [0.2, 0.25) is 0 Å². The van der Waals surface area contributed by atoms with Gasteiger partial charge in [0.25, 0.3) is 10.1 Å². The summed E-state index contributed by atoms with van der Waals surface area (Å²) in [5.41, 5.74) is -1.85. The summed E-state index contributed by atoms with van der Waals surface area (Å²) < 4.78 is 42.0. The number of benzene rings is 2. The van der Waals surface area contributed by atoms with Gasteiger partial charge in [0, 0.05) is 15.9 Å². The van der Waals surface area contributed by atoms with E-state index in [0.717, 1.165) is 14.7 Å². The molecule has 118 valence electrons. The summed E-state index contributed by atoms with van der Waals surface area (Å²) in [6.07, 6.45) is 1.61. The zero-order valence-electron chi connectivity index (χ0n) is 11.5. The predicted molar refractivity (Wildman–Crippen MR) is 85.8 cm³/mol. The summed E-state index contributed by atoms with van der Waals surface area (Å²) in [6, 6.07) is 13.4. The lowest BCUT2D eigenvalue weighted by Gasteiger charge is -2.09. The molecule has 22 heavy (non-hydrogen) atoms. The van der Waals surface area contributed by atoms with Crippen molar-refractivity contribution in [1.29, 1.82) is 0 Å². The molecule has 2 atom stereocenters. The molecular formula is C14H14O5S3. The van der Waals surface area contributed by atoms with Crippen LogP contribution in [-0.2, 0) is 21.3 Å². The first-order valence-electron chi connectivity index (χ1n) is 6.13. The fraction of sp³-hybridized carbons (Fsp3) is 0.143. The van der Waals surface area contributed by atoms with Crippen molar-refractivity contribution in [2.75, 3.05) is 6.26 Å². The average Bonchev–Trinajstić information content (AvgIpc) is 2.46. The van der Waals surface area contributed by atoms with Crippen molar-refractivity contribution in [3.63, 3.8) is 0 Å². The minimum atomic E-state index is -4.53. The van der Waals surface area contributed by atoms with Crippen LogP contribution in [0.1, 0.15) is 11.0 Å². The molecule has 0 amide bonds. The Balaban J connectivity index is 2.17. The van der Waals surface area contributed by atoms with Gasteiger partial charge in [-0.25, -0.2) is 0 Å². The van der Waals surface area contributed by atoms with Crippen molar-refractivity contribution < 1.29 is 22.6 Å². The quantitative estimate of drug-likeness (QED) is 0.629. The van der Waals surface area contributed by atoms with Crippen molar-refractivity contribution in [1.82, 2.24) is 0 Å². The Hall–Kier alpha value is -1.03. The van der Waals surface area contributed by atoms with E-state index in [1.165, 1.54) is 23.9 Å². The Morgan fingerprint density at radius 3 is 2.32 bits per heavy atom. The number of rotatable bonds is 5. The van der Waals surface area contributed by atoms with Crippen LogP contribution in [0.25, 0.3) is 0 Å². The summed E-state index contributed by atoms with van der Waals surface area (Å²) in [5, 5.41) is 9.46. The van der Waals surface area contributed by atoms with E-state index in [1.807, 2.05) is 18.2 Å². The molecule has 8 heteroatoms. The number of aliphatic hydroxyl groups excluding tert-OH is 1. The molecule has 0 radical (unpaired) electrons. The molecule has 0 bridgehead atoms. The largest absolute Gasteiger partial charge is 0.612 e. The lowest BCUT2D eigenvalue weighted by atomic mass is 10.2. The van der Waals surface area contributed by atoms with E-state index in [0.29, 0.717) is 0 Å². The monoisotopic (exact) mass is 358 g/mol. The van der Waals surface area contributed by atoms with Gasteiger partial charge >= 0.3 is 0 Å². The van der Waals surface area contributed by atoms with Crippen LogP contribution < -0.4 is 0 Å². The maximum absolute atomic E-state index is 11.5. The highest BCUT2D eigenvalue weighted by Gasteiger charge is 2.21. The van der Waals surface area contributed by atoms with Crippen LogP contribution in [0.4, 0.5) is 0 Å². The van der Waals surface area contributed by atoms with Crippen LogP contribution in [0.3, 0.4) is 0 Å². The number of hydrogen-bond acceptors (Lipinski definition) is 5. The van der Waals surface area contributed by atoms with Gasteiger partial charge in [0.2, 0.25) is 5.44 Å². The molecule has 2 aromatic rings. The van der Waals surface area contributed by atoms with Gasteiger partial charge in [0.15, 0.2) is 4.90 Å². The number of hydrogen-bond donors (Lipinski definition) is 2. The van der Waals surface area contributed by atoms with Gasteiger partial charge in [0.1, 0.15) is 6.26 Å². The molecule has 5 nitrogen and oxygen atoms in total. The Morgan fingerprint density at radius 1 is 1.14 bits per heavy atom. The Bertz CT molecular complexity index is 741. The lowest BCUT2D eigenvalue weighted by molar-refractivity contribution is 0.238. The third-order valence-corrected chi connectivity index (χ3v) is 5.57. The molecule has 2 N–H and O–H groups in total. The lowest BCUT2D eigenvalue weighted by Crippen LogP contribution is -2.10. The molecule has 0 saturated heterocycles. The van der Waals surface area contributed by atoms with E-state index in [1.54, 1.807) is 24.5 Å². The van der Waals surface area contributed by atoms with Gasteiger partial charge in [-0.05, 0) is 41.0 Å². The highest BCUT2D eigenvalue weighted by Crippen LogP contribution is 2.30. The molecule has 0 aliphatic carbocycles. The topological polar surface area (TPSA) is 97.7 Å². The molecule has 0 aliphatic rings. The molecule has 0 spiro atoms. The van der Waals surface area contributed by atoms with E-state index < -0.39 is 26.7 Å². The van der Waals surface area contributed by atoms with Crippen molar-refractivity contribution in [2.45, 2.75) is 20.1 Å². The molecular weight excluding hydrogens is 344 g/mol. The van der Waals surface area contributed by atoms with E-state index in [4.69, 9.17) is 4.55 Å². The van der Waals surface area contributed by atoms with Crippen LogP contribution in [-0.4, -0.2) is 28.9 Å².